The number of rotatable bonds is 4. The normalized spacial score (nSPS) is 15.7. The summed E-state index contributed by atoms with van der Waals surface area (Å²) in [6.45, 7) is 0.962. The number of anilines is 1. The molecule has 1 fully saturated rings. The molecule has 1 aliphatic rings. The number of halogens is 2. The quantitative estimate of drug-likeness (QED) is 0.644. The van der Waals surface area contributed by atoms with E-state index in [1.54, 1.807) is 18.2 Å². The van der Waals surface area contributed by atoms with Crippen LogP contribution in [0.4, 0.5) is 14.5 Å². The molecule has 2 aromatic carbocycles. The van der Waals surface area contributed by atoms with Gasteiger partial charge in [-0.3, -0.25) is 9.69 Å². The van der Waals surface area contributed by atoms with Crippen molar-refractivity contribution in [2.45, 2.75) is 20.5 Å². The van der Waals surface area contributed by atoms with Crippen LogP contribution in [0.2, 0.25) is 0 Å². The molecule has 0 saturated carbocycles. The first-order chi connectivity index (χ1) is 12.4. The van der Waals surface area contributed by atoms with Crippen LogP contribution in [0.1, 0.15) is 16.7 Å². The molecule has 1 heterocycles. The van der Waals surface area contributed by atoms with Crippen molar-refractivity contribution in [2.75, 3.05) is 4.90 Å². The first kappa shape index (κ1) is 18.0. The molecule has 0 aliphatic carbocycles. The lowest BCUT2D eigenvalue weighted by atomic mass is 10.1. The number of carbonyl (C=O) groups is 1. The smallest absolute Gasteiger partial charge is 0.387 e. The van der Waals surface area contributed by atoms with Gasteiger partial charge in [0.25, 0.3) is 5.91 Å². The van der Waals surface area contributed by atoms with Crippen molar-refractivity contribution in [1.82, 2.24) is 5.32 Å². The highest BCUT2D eigenvalue weighted by molar-refractivity contribution is 7.80. The van der Waals surface area contributed by atoms with Gasteiger partial charge in [0.1, 0.15) is 11.4 Å². The Kier molecular flexibility index (Phi) is 4.99. The Balaban J connectivity index is 1.88. The Morgan fingerprint density at radius 3 is 2.31 bits per heavy atom. The number of para-hydroxylation sites is 1. The molecule has 7 heteroatoms. The molecule has 134 valence electrons. The Bertz CT molecular complexity index is 875. The lowest BCUT2D eigenvalue weighted by Crippen LogP contribution is -2.31. The number of thiocarbonyl (C=S) groups is 1. The van der Waals surface area contributed by atoms with Gasteiger partial charge in [-0.1, -0.05) is 30.3 Å². The van der Waals surface area contributed by atoms with Crippen LogP contribution in [0.5, 0.6) is 5.75 Å². The molecule has 4 nitrogen and oxygen atoms in total. The largest absolute Gasteiger partial charge is 0.435 e. The van der Waals surface area contributed by atoms with Crippen LogP contribution in [0.25, 0.3) is 6.08 Å². The van der Waals surface area contributed by atoms with Gasteiger partial charge < -0.3 is 10.1 Å². The molecule has 1 amide bonds. The van der Waals surface area contributed by atoms with Crippen LogP contribution in [-0.4, -0.2) is 17.6 Å². The fourth-order valence-corrected chi connectivity index (χ4v) is 3.09. The fraction of sp³-hybridized carbons (Fsp3) is 0.158. The molecular weight excluding hydrogens is 358 g/mol. The SMILES string of the molecule is Cc1cccc(C)c1N1C(=O)/C(=C\c2ccc(OC(F)F)cc2)NC1=S. The second-order valence-electron chi connectivity index (χ2n) is 5.82. The summed E-state index contributed by atoms with van der Waals surface area (Å²) in [4.78, 5) is 14.3. The third kappa shape index (κ3) is 3.57. The monoisotopic (exact) mass is 374 g/mol. The number of ether oxygens (including phenoxy) is 1. The third-order valence-corrected chi connectivity index (χ3v) is 4.24. The van der Waals surface area contributed by atoms with Gasteiger partial charge in [-0.2, -0.15) is 8.78 Å². The molecule has 2 aromatic rings. The molecule has 0 spiro atoms. The number of nitrogens with zero attached hydrogens (tertiary/aromatic N) is 1. The van der Waals surface area contributed by atoms with E-state index in [1.165, 1.54) is 17.0 Å². The third-order valence-electron chi connectivity index (χ3n) is 3.96. The van der Waals surface area contributed by atoms with Gasteiger partial charge in [0.2, 0.25) is 0 Å². The van der Waals surface area contributed by atoms with Crippen molar-refractivity contribution in [1.29, 1.82) is 0 Å². The van der Waals surface area contributed by atoms with Crippen LogP contribution in [0.3, 0.4) is 0 Å². The molecule has 0 bridgehead atoms. The zero-order valence-corrected chi connectivity index (χ0v) is 14.9. The molecular formula is C19H16F2N2O2S. The Morgan fingerprint density at radius 1 is 1.12 bits per heavy atom. The van der Waals surface area contributed by atoms with Gasteiger partial charge in [-0.25, -0.2) is 0 Å². The lowest BCUT2D eigenvalue weighted by molar-refractivity contribution is -0.113. The van der Waals surface area contributed by atoms with Crippen molar-refractivity contribution in [3.8, 4) is 5.75 Å². The van der Waals surface area contributed by atoms with Crippen LogP contribution >= 0.6 is 12.2 Å². The molecule has 0 atom stereocenters. The maximum Gasteiger partial charge on any atom is 0.387 e. The van der Waals surface area contributed by atoms with Crippen molar-refractivity contribution in [2.24, 2.45) is 0 Å². The zero-order chi connectivity index (χ0) is 18.8. The molecule has 1 saturated heterocycles. The van der Waals surface area contributed by atoms with E-state index in [4.69, 9.17) is 12.2 Å². The maximum absolute atomic E-state index is 12.8. The highest BCUT2D eigenvalue weighted by Gasteiger charge is 2.33. The Labute approximate surface area is 155 Å². The first-order valence-corrected chi connectivity index (χ1v) is 8.26. The van der Waals surface area contributed by atoms with E-state index in [0.717, 1.165) is 16.8 Å². The number of nitrogens with one attached hydrogen (secondary N) is 1. The summed E-state index contributed by atoms with van der Waals surface area (Å²) in [6.07, 6.45) is 1.62. The number of hydrogen-bond acceptors (Lipinski definition) is 3. The first-order valence-electron chi connectivity index (χ1n) is 7.85. The summed E-state index contributed by atoms with van der Waals surface area (Å²) in [7, 11) is 0. The van der Waals surface area contributed by atoms with Crippen LogP contribution in [0.15, 0.2) is 48.2 Å². The predicted octanol–water partition coefficient (Wildman–Crippen LogP) is 4.17. The maximum atomic E-state index is 12.8. The molecule has 3 rings (SSSR count). The topological polar surface area (TPSA) is 41.6 Å². The van der Waals surface area contributed by atoms with Gasteiger partial charge >= 0.3 is 6.61 Å². The highest BCUT2D eigenvalue weighted by Crippen LogP contribution is 2.29. The Morgan fingerprint density at radius 2 is 1.73 bits per heavy atom. The number of alkyl halides is 2. The Hall–Kier alpha value is -2.80. The second kappa shape index (κ2) is 7.21. The summed E-state index contributed by atoms with van der Waals surface area (Å²) in [6, 6.07) is 11.8. The van der Waals surface area contributed by atoms with Crippen LogP contribution in [0, 0.1) is 13.8 Å². The number of hydrogen-bond donors (Lipinski definition) is 1. The number of aryl methyl sites for hydroxylation is 2. The average Bonchev–Trinajstić information content (AvgIpc) is 2.84. The van der Waals surface area contributed by atoms with Crippen molar-refractivity contribution < 1.29 is 18.3 Å². The van der Waals surface area contributed by atoms with Crippen LogP contribution < -0.4 is 15.0 Å². The molecule has 0 radical (unpaired) electrons. The van der Waals surface area contributed by atoms with E-state index >= 15 is 0 Å². The standard InChI is InChI=1S/C19H16F2N2O2S/c1-11-4-3-5-12(2)16(11)23-17(24)15(22-19(23)26)10-13-6-8-14(9-7-13)25-18(20)21/h3-10,18H,1-2H3,(H,22,26)/b15-10+. The molecule has 0 unspecified atom stereocenters. The molecule has 1 aliphatic heterocycles. The fourth-order valence-electron chi connectivity index (χ4n) is 2.81. The van der Waals surface area contributed by atoms with Gasteiger partial charge in [-0.15, -0.1) is 0 Å². The van der Waals surface area contributed by atoms with Crippen molar-refractivity contribution in [3.63, 3.8) is 0 Å². The van der Waals surface area contributed by atoms with Gasteiger partial charge in [0.05, 0.1) is 5.69 Å². The summed E-state index contributed by atoms with van der Waals surface area (Å²) in [5, 5.41) is 3.22. The second-order valence-corrected chi connectivity index (χ2v) is 6.20. The zero-order valence-electron chi connectivity index (χ0n) is 14.1. The summed E-state index contributed by atoms with van der Waals surface area (Å²) < 4.78 is 28.7. The lowest BCUT2D eigenvalue weighted by Gasteiger charge is -2.19. The minimum absolute atomic E-state index is 0.0561. The minimum atomic E-state index is -2.87. The van der Waals surface area contributed by atoms with Crippen molar-refractivity contribution >= 4 is 35.0 Å². The number of benzene rings is 2. The van der Waals surface area contributed by atoms with E-state index in [1.807, 2.05) is 32.0 Å². The molecule has 26 heavy (non-hydrogen) atoms. The van der Waals surface area contributed by atoms with E-state index in [-0.39, 0.29) is 11.7 Å². The van der Waals surface area contributed by atoms with Gasteiger partial charge in [-0.05, 0) is 61.0 Å². The highest BCUT2D eigenvalue weighted by atomic mass is 32.1. The minimum Gasteiger partial charge on any atom is -0.435 e. The van der Waals surface area contributed by atoms with E-state index in [2.05, 4.69) is 10.1 Å². The van der Waals surface area contributed by atoms with E-state index in [9.17, 15) is 13.6 Å². The average molecular weight is 374 g/mol. The molecule has 0 aromatic heterocycles. The summed E-state index contributed by atoms with van der Waals surface area (Å²) >= 11 is 5.33. The van der Waals surface area contributed by atoms with Gasteiger partial charge in [0, 0.05) is 0 Å². The number of carbonyl (C=O) groups excluding carboxylic acids is 1. The summed E-state index contributed by atoms with van der Waals surface area (Å²) in [5.74, 6) is -0.208. The van der Waals surface area contributed by atoms with Crippen molar-refractivity contribution in [3.05, 3.63) is 64.9 Å². The summed E-state index contributed by atoms with van der Waals surface area (Å²) in [5.41, 5.74) is 3.63. The van der Waals surface area contributed by atoms with E-state index < -0.39 is 6.61 Å². The predicted molar refractivity (Wildman–Crippen MR) is 100 cm³/mol. The number of amides is 1. The van der Waals surface area contributed by atoms with Gasteiger partial charge in [0.15, 0.2) is 5.11 Å². The van der Waals surface area contributed by atoms with E-state index in [0.29, 0.717) is 16.4 Å². The molecule has 1 N–H and O–H groups in total. The van der Waals surface area contributed by atoms with Crippen LogP contribution in [-0.2, 0) is 4.79 Å².